The van der Waals surface area contributed by atoms with Crippen LogP contribution in [0.3, 0.4) is 0 Å². The van der Waals surface area contributed by atoms with Gasteiger partial charge in [0.15, 0.2) is 0 Å². The van der Waals surface area contributed by atoms with Crippen LogP contribution in [0, 0.1) is 10.1 Å². The number of nitro benzene ring substituents is 1. The zero-order chi connectivity index (χ0) is 19.8. The van der Waals surface area contributed by atoms with Crippen molar-refractivity contribution in [3.05, 3.63) is 62.1 Å². The summed E-state index contributed by atoms with van der Waals surface area (Å²) in [5.41, 5.74) is 6.61. The van der Waals surface area contributed by atoms with Gasteiger partial charge in [0.05, 0.1) is 20.1 Å². The molecule has 0 unspecified atom stereocenters. The molecular weight excluding hydrogens is 400 g/mol. The Morgan fingerprint density at radius 2 is 2.00 bits per heavy atom. The average Bonchev–Trinajstić information content (AvgIpc) is 3.11. The number of carbonyl (C=O) groups excluding carboxylic acids is 1. The van der Waals surface area contributed by atoms with Crippen molar-refractivity contribution in [3.8, 4) is 0 Å². The number of nitrogen functional groups attached to an aromatic ring is 1. The fourth-order valence-electron chi connectivity index (χ4n) is 3.44. The highest BCUT2D eigenvalue weighted by Crippen LogP contribution is 2.35. The molecule has 1 aliphatic rings. The molecule has 2 heterocycles. The highest BCUT2D eigenvalue weighted by molar-refractivity contribution is 7.18. The number of likely N-dealkylation sites (tertiary alicyclic amines) is 1. The molecule has 0 atom stereocenters. The second-order valence-electron chi connectivity index (χ2n) is 6.76. The molecule has 28 heavy (non-hydrogen) atoms. The first-order chi connectivity index (χ1) is 13.4. The minimum Gasteiger partial charge on any atom is -0.393 e. The molecule has 0 spiro atoms. The Balaban J connectivity index is 1.46. The summed E-state index contributed by atoms with van der Waals surface area (Å²) in [6, 6.07) is 9.90. The molecular formula is C19H17ClN4O3S. The second kappa shape index (κ2) is 7.37. The van der Waals surface area contributed by atoms with Gasteiger partial charge in [0.25, 0.3) is 11.6 Å². The quantitative estimate of drug-likeness (QED) is 0.385. The summed E-state index contributed by atoms with van der Waals surface area (Å²) in [7, 11) is 0. The van der Waals surface area contributed by atoms with Gasteiger partial charge < -0.3 is 10.6 Å². The predicted octanol–water partition coefficient (Wildman–Crippen LogP) is 4.46. The molecule has 0 bridgehead atoms. The third-order valence-corrected chi connectivity index (χ3v) is 6.41. The third-order valence-electron chi connectivity index (χ3n) is 4.97. The first-order valence-electron chi connectivity index (χ1n) is 8.81. The summed E-state index contributed by atoms with van der Waals surface area (Å²) in [4.78, 5) is 29.7. The third kappa shape index (κ3) is 3.53. The van der Waals surface area contributed by atoms with Gasteiger partial charge in [-0.1, -0.05) is 11.6 Å². The second-order valence-corrected chi connectivity index (χ2v) is 8.26. The smallest absolute Gasteiger partial charge is 0.292 e. The Morgan fingerprint density at radius 1 is 1.25 bits per heavy atom. The monoisotopic (exact) mass is 416 g/mol. The van der Waals surface area contributed by atoms with Gasteiger partial charge >= 0.3 is 0 Å². The van der Waals surface area contributed by atoms with Gasteiger partial charge in [-0.25, -0.2) is 4.98 Å². The lowest BCUT2D eigenvalue weighted by molar-refractivity contribution is -0.383. The Hall–Kier alpha value is -2.71. The molecule has 1 aliphatic heterocycles. The number of nitro groups is 1. The van der Waals surface area contributed by atoms with Crippen LogP contribution in [0.5, 0.6) is 0 Å². The van der Waals surface area contributed by atoms with Crippen molar-refractivity contribution < 1.29 is 9.72 Å². The number of piperidine rings is 1. The molecule has 9 heteroatoms. The van der Waals surface area contributed by atoms with E-state index in [-0.39, 0.29) is 22.8 Å². The standard InChI is InChI=1S/C19H17ClN4O3S/c20-13-2-4-17-15(10-13)22-18(28-17)11-5-7-23(8-6-11)19(25)12-1-3-14(21)16(9-12)24(26)27/h1-4,9-11H,5-8,21H2. The Kier molecular flexibility index (Phi) is 4.91. The molecule has 0 aliphatic carbocycles. The SMILES string of the molecule is Nc1ccc(C(=O)N2CCC(c3nc4cc(Cl)ccc4s3)CC2)cc1[N+](=O)[O-]. The molecule has 1 saturated heterocycles. The number of thiazole rings is 1. The molecule has 4 rings (SSSR count). The van der Waals surface area contributed by atoms with Crippen molar-refractivity contribution in [2.24, 2.45) is 0 Å². The van der Waals surface area contributed by atoms with Gasteiger partial charge in [0.2, 0.25) is 0 Å². The molecule has 0 saturated carbocycles. The summed E-state index contributed by atoms with van der Waals surface area (Å²) < 4.78 is 1.10. The van der Waals surface area contributed by atoms with Crippen LogP contribution >= 0.6 is 22.9 Å². The van der Waals surface area contributed by atoms with Crippen molar-refractivity contribution >= 4 is 50.4 Å². The predicted molar refractivity (Wildman–Crippen MR) is 110 cm³/mol. The van der Waals surface area contributed by atoms with Crippen molar-refractivity contribution in [2.45, 2.75) is 18.8 Å². The number of hydrogen-bond acceptors (Lipinski definition) is 6. The van der Waals surface area contributed by atoms with Crippen molar-refractivity contribution in [2.75, 3.05) is 18.8 Å². The first-order valence-corrected chi connectivity index (χ1v) is 10.0. The maximum atomic E-state index is 12.7. The first kappa shape index (κ1) is 18.6. The van der Waals surface area contributed by atoms with Crippen molar-refractivity contribution in [1.29, 1.82) is 0 Å². The van der Waals surface area contributed by atoms with E-state index in [0.717, 1.165) is 28.1 Å². The summed E-state index contributed by atoms with van der Waals surface area (Å²) in [5, 5.41) is 12.8. The average molecular weight is 417 g/mol. The van der Waals surface area contributed by atoms with Gasteiger partial charge in [0, 0.05) is 35.7 Å². The van der Waals surface area contributed by atoms with Crippen LogP contribution in [-0.2, 0) is 0 Å². The van der Waals surface area contributed by atoms with E-state index >= 15 is 0 Å². The zero-order valence-corrected chi connectivity index (χ0v) is 16.4. The summed E-state index contributed by atoms with van der Waals surface area (Å²) in [5.74, 6) is 0.0820. The number of nitrogens with two attached hydrogens (primary N) is 1. The zero-order valence-electron chi connectivity index (χ0n) is 14.8. The molecule has 2 N–H and O–H groups in total. The fraction of sp³-hybridized carbons (Fsp3) is 0.263. The maximum Gasteiger partial charge on any atom is 0.292 e. The van der Waals surface area contributed by atoms with E-state index in [1.54, 1.807) is 16.2 Å². The number of fused-ring (bicyclic) bond motifs is 1. The van der Waals surface area contributed by atoms with Gasteiger partial charge in [-0.3, -0.25) is 14.9 Å². The summed E-state index contributed by atoms with van der Waals surface area (Å²) >= 11 is 7.70. The molecule has 144 valence electrons. The number of rotatable bonds is 3. The molecule has 7 nitrogen and oxygen atoms in total. The Bertz CT molecular complexity index is 1080. The van der Waals surface area contributed by atoms with Crippen LogP contribution < -0.4 is 5.73 Å². The number of amides is 1. The van der Waals surface area contributed by atoms with E-state index < -0.39 is 4.92 Å². The number of hydrogen-bond donors (Lipinski definition) is 1. The Morgan fingerprint density at radius 3 is 2.71 bits per heavy atom. The number of halogens is 1. The van der Waals surface area contributed by atoms with Crippen LogP contribution in [-0.4, -0.2) is 33.8 Å². The van der Waals surface area contributed by atoms with E-state index in [0.29, 0.717) is 24.0 Å². The molecule has 0 radical (unpaired) electrons. The summed E-state index contributed by atoms with van der Waals surface area (Å²) in [6.45, 7) is 1.16. The van der Waals surface area contributed by atoms with E-state index in [1.807, 2.05) is 18.2 Å². The van der Waals surface area contributed by atoms with Crippen molar-refractivity contribution in [1.82, 2.24) is 9.88 Å². The van der Waals surface area contributed by atoms with Gasteiger partial charge in [-0.15, -0.1) is 11.3 Å². The highest BCUT2D eigenvalue weighted by Gasteiger charge is 2.27. The van der Waals surface area contributed by atoms with E-state index in [1.165, 1.54) is 18.2 Å². The largest absolute Gasteiger partial charge is 0.393 e. The minimum absolute atomic E-state index is 0.0520. The number of nitrogens with zero attached hydrogens (tertiary/aromatic N) is 3. The van der Waals surface area contributed by atoms with Crippen molar-refractivity contribution in [3.63, 3.8) is 0 Å². The van der Waals surface area contributed by atoms with Crippen LogP contribution in [0.15, 0.2) is 36.4 Å². The lowest BCUT2D eigenvalue weighted by Crippen LogP contribution is -2.37. The van der Waals surface area contributed by atoms with E-state index in [2.05, 4.69) is 0 Å². The minimum atomic E-state index is -0.572. The normalized spacial score (nSPS) is 15.1. The van der Waals surface area contributed by atoms with Gasteiger partial charge in [0.1, 0.15) is 5.69 Å². The highest BCUT2D eigenvalue weighted by atomic mass is 35.5. The van der Waals surface area contributed by atoms with Crippen LogP contribution in [0.4, 0.5) is 11.4 Å². The molecule has 1 fully saturated rings. The Labute approximate surface area is 169 Å². The lowest BCUT2D eigenvalue weighted by atomic mass is 9.97. The number of benzene rings is 2. The topological polar surface area (TPSA) is 102 Å². The van der Waals surface area contributed by atoms with Gasteiger partial charge in [-0.2, -0.15) is 0 Å². The molecule has 2 aromatic carbocycles. The maximum absolute atomic E-state index is 12.7. The molecule has 1 aromatic heterocycles. The lowest BCUT2D eigenvalue weighted by Gasteiger charge is -2.31. The summed E-state index contributed by atoms with van der Waals surface area (Å²) in [6.07, 6.45) is 1.60. The van der Waals surface area contributed by atoms with Gasteiger partial charge in [-0.05, 0) is 43.2 Å². The van der Waals surface area contributed by atoms with Crippen LogP contribution in [0.25, 0.3) is 10.2 Å². The number of aromatic nitrogens is 1. The number of carbonyl (C=O) groups is 1. The van der Waals surface area contributed by atoms with Crippen LogP contribution in [0.1, 0.15) is 34.1 Å². The fourth-order valence-corrected chi connectivity index (χ4v) is 4.72. The molecule has 3 aromatic rings. The van der Waals surface area contributed by atoms with E-state index in [4.69, 9.17) is 22.3 Å². The molecule has 1 amide bonds. The van der Waals surface area contributed by atoms with Crippen LogP contribution in [0.2, 0.25) is 5.02 Å². The number of anilines is 1. The van der Waals surface area contributed by atoms with E-state index in [9.17, 15) is 14.9 Å².